The highest BCUT2D eigenvalue weighted by atomic mass is 16.6. The molecule has 0 aliphatic rings. The van der Waals surface area contributed by atoms with Crippen molar-refractivity contribution < 1.29 is 9.84 Å². The lowest BCUT2D eigenvalue weighted by molar-refractivity contribution is 0.100. The molecular formula is C17H16O2. The Morgan fingerprint density at radius 2 is 1.26 bits per heavy atom. The van der Waals surface area contributed by atoms with Gasteiger partial charge >= 0.3 is 0 Å². The van der Waals surface area contributed by atoms with E-state index in [1.165, 1.54) is 0 Å². The summed E-state index contributed by atoms with van der Waals surface area (Å²) >= 11 is 0. The molecule has 0 fully saturated rings. The second-order valence-corrected chi connectivity index (χ2v) is 3.91. The van der Waals surface area contributed by atoms with Crippen LogP contribution in [0.15, 0.2) is 78.9 Å². The molecule has 0 aromatic heterocycles. The zero-order chi connectivity index (χ0) is 13.3. The van der Waals surface area contributed by atoms with Crippen molar-refractivity contribution in [3.63, 3.8) is 0 Å². The summed E-state index contributed by atoms with van der Waals surface area (Å²) in [5.74, 6) is 0.723. The van der Waals surface area contributed by atoms with Gasteiger partial charge in [0.05, 0.1) is 0 Å². The third kappa shape index (κ3) is 3.83. The Hall–Kier alpha value is -2.32. The Morgan fingerprint density at radius 3 is 1.89 bits per heavy atom. The normalized spacial score (nSPS) is 9.53. The molecule has 19 heavy (non-hydrogen) atoms. The topological polar surface area (TPSA) is 29.5 Å². The molecule has 0 amide bonds. The lowest BCUT2D eigenvalue weighted by atomic mass is 10.1. The zero-order valence-electron chi connectivity index (χ0n) is 10.6. The van der Waals surface area contributed by atoms with Gasteiger partial charge in [0.2, 0.25) is 0 Å². The van der Waals surface area contributed by atoms with Crippen LogP contribution in [-0.4, -0.2) is 11.9 Å². The standard InChI is InChI=1S/C11H10O2.C6H6/c12-8-13-11-7-3-5-9-4-1-2-6-10(9)11;1-2-4-6-5-3-1/h1-7,12H,8H2;1-6H. The molecule has 0 saturated heterocycles. The van der Waals surface area contributed by atoms with Crippen molar-refractivity contribution in [2.24, 2.45) is 0 Å². The third-order valence-electron chi connectivity index (χ3n) is 2.64. The van der Waals surface area contributed by atoms with E-state index in [-0.39, 0.29) is 6.79 Å². The van der Waals surface area contributed by atoms with Gasteiger partial charge in [-0.15, -0.1) is 0 Å². The SMILES string of the molecule is OCOc1cccc2ccccc12.c1ccccc1. The average Bonchev–Trinajstić information content (AvgIpc) is 2.50. The number of rotatable bonds is 2. The number of fused-ring (bicyclic) bond motifs is 1. The van der Waals surface area contributed by atoms with Gasteiger partial charge in [-0.2, -0.15) is 0 Å². The molecule has 3 aromatic rings. The smallest absolute Gasteiger partial charge is 0.186 e. The van der Waals surface area contributed by atoms with Crippen LogP contribution in [0.1, 0.15) is 0 Å². The summed E-state index contributed by atoms with van der Waals surface area (Å²) in [6.07, 6.45) is 0. The fraction of sp³-hybridized carbons (Fsp3) is 0.0588. The monoisotopic (exact) mass is 252 g/mol. The van der Waals surface area contributed by atoms with Crippen LogP contribution >= 0.6 is 0 Å². The lowest BCUT2D eigenvalue weighted by Gasteiger charge is -2.05. The molecule has 0 unspecified atom stereocenters. The summed E-state index contributed by atoms with van der Waals surface area (Å²) in [6, 6.07) is 25.7. The van der Waals surface area contributed by atoms with Crippen LogP contribution in [0.5, 0.6) is 5.75 Å². The van der Waals surface area contributed by atoms with Crippen LogP contribution < -0.4 is 4.74 Å². The molecule has 96 valence electrons. The van der Waals surface area contributed by atoms with Gasteiger partial charge in [0.1, 0.15) is 5.75 Å². The van der Waals surface area contributed by atoms with Gasteiger partial charge in [-0.25, -0.2) is 0 Å². The highest BCUT2D eigenvalue weighted by Gasteiger charge is 1.98. The average molecular weight is 252 g/mol. The van der Waals surface area contributed by atoms with Crippen molar-refractivity contribution >= 4 is 10.8 Å². The largest absolute Gasteiger partial charge is 0.467 e. The predicted molar refractivity (Wildman–Crippen MR) is 78.1 cm³/mol. The quantitative estimate of drug-likeness (QED) is 0.702. The van der Waals surface area contributed by atoms with Gasteiger partial charge in [0.15, 0.2) is 6.79 Å². The first-order valence-corrected chi connectivity index (χ1v) is 6.13. The first-order chi connectivity index (χ1) is 9.42. The van der Waals surface area contributed by atoms with Crippen LogP contribution in [0.25, 0.3) is 10.8 Å². The molecule has 0 atom stereocenters. The lowest BCUT2D eigenvalue weighted by Crippen LogP contribution is -1.94. The molecule has 0 aliphatic carbocycles. The fourth-order valence-electron chi connectivity index (χ4n) is 1.78. The highest BCUT2D eigenvalue weighted by Crippen LogP contribution is 2.24. The number of hydrogen-bond donors (Lipinski definition) is 1. The van der Waals surface area contributed by atoms with Crippen LogP contribution in [0.4, 0.5) is 0 Å². The van der Waals surface area contributed by atoms with Gasteiger partial charge in [0, 0.05) is 5.39 Å². The maximum absolute atomic E-state index is 8.66. The fourth-order valence-corrected chi connectivity index (χ4v) is 1.78. The number of aliphatic hydroxyl groups is 1. The second kappa shape index (κ2) is 7.19. The predicted octanol–water partition coefficient (Wildman–Crippen LogP) is 3.86. The van der Waals surface area contributed by atoms with Crippen molar-refractivity contribution in [3.05, 3.63) is 78.9 Å². The molecule has 0 heterocycles. The molecule has 3 aromatic carbocycles. The van der Waals surface area contributed by atoms with Gasteiger partial charge in [-0.3, -0.25) is 0 Å². The Bertz CT molecular complexity index is 574. The van der Waals surface area contributed by atoms with Gasteiger partial charge in [-0.05, 0) is 11.5 Å². The Labute approximate surface area is 112 Å². The van der Waals surface area contributed by atoms with Crippen molar-refractivity contribution in [1.29, 1.82) is 0 Å². The van der Waals surface area contributed by atoms with Crippen molar-refractivity contribution in [1.82, 2.24) is 0 Å². The molecule has 0 saturated carbocycles. The number of hydrogen-bond acceptors (Lipinski definition) is 2. The van der Waals surface area contributed by atoms with E-state index in [0.29, 0.717) is 0 Å². The molecule has 3 rings (SSSR count). The minimum absolute atomic E-state index is 0.284. The van der Waals surface area contributed by atoms with E-state index in [9.17, 15) is 0 Å². The minimum Gasteiger partial charge on any atom is -0.467 e. The van der Waals surface area contributed by atoms with E-state index < -0.39 is 0 Å². The van der Waals surface area contributed by atoms with Crippen molar-refractivity contribution in [2.75, 3.05) is 6.79 Å². The summed E-state index contributed by atoms with van der Waals surface area (Å²) in [5.41, 5.74) is 0. The second-order valence-electron chi connectivity index (χ2n) is 3.91. The summed E-state index contributed by atoms with van der Waals surface area (Å²) < 4.78 is 5.07. The number of ether oxygens (including phenoxy) is 1. The molecule has 2 nitrogen and oxygen atoms in total. The zero-order valence-corrected chi connectivity index (χ0v) is 10.6. The summed E-state index contributed by atoms with van der Waals surface area (Å²) in [4.78, 5) is 0. The minimum atomic E-state index is -0.284. The molecular weight excluding hydrogens is 236 g/mol. The number of aliphatic hydroxyl groups excluding tert-OH is 1. The van der Waals surface area contributed by atoms with E-state index in [1.807, 2.05) is 78.9 Å². The van der Waals surface area contributed by atoms with E-state index in [2.05, 4.69) is 0 Å². The van der Waals surface area contributed by atoms with E-state index in [4.69, 9.17) is 9.84 Å². The molecule has 0 radical (unpaired) electrons. The van der Waals surface area contributed by atoms with Crippen molar-refractivity contribution in [2.45, 2.75) is 0 Å². The van der Waals surface area contributed by atoms with Crippen LogP contribution in [-0.2, 0) is 0 Å². The molecule has 2 heteroatoms. The summed E-state index contributed by atoms with van der Waals surface area (Å²) in [6.45, 7) is -0.284. The third-order valence-corrected chi connectivity index (χ3v) is 2.64. The maximum atomic E-state index is 8.66. The number of benzene rings is 3. The first kappa shape index (κ1) is 13.1. The van der Waals surface area contributed by atoms with E-state index >= 15 is 0 Å². The van der Waals surface area contributed by atoms with Crippen LogP contribution in [0.2, 0.25) is 0 Å². The Kier molecular flexibility index (Phi) is 4.96. The van der Waals surface area contributed by atoms with Crippen LogP contribution in [0.3, 0.4) is 0 Å². The van der Waals surface area contributed by atoms with Crippen LogP contribution in [0, 0.1) is 0 Å². The Balaban J connectivity index is 0.000000186. The first-order valence-electron chi connectivity index (χ1n) is 6.13. The highest BCUT2D eigenvalue weighted by molar-refractivity contribution is 5.88. The maximum Gasteiger partial charge on any atom is 0.186 e. The molecule has 1 N–H and O–H groups in total. The Morgan fingerprint density at radius 1 is 0.684 bits per heavy atom. The molecule has 0 aliphatic heterocycles. The van der Waals surface area contributed by atoms with E-state index in [1.54, 1.807) is 0 Å². The summed E-state index contributed by atoms with van der Waals surface area (Å²) in [5, 5.41) is 10.8. The van der Waals surface area contributed by atoms with Gasteiger partial charge in [-0.1, -0.05) is 72.8 Å². The van der Waals surface area contributed by atoms with Crippen molar-refractivity contribution in [3.8, 4) is 5.75 Å². The molecule has 0 spiro atoms. The van der Waals surface area contributed by atoms with Gasteiger partial charge in [0.25, 0.3) is 0 Å². The molecule has 0 bridgehead atoms. The van der Waals surface area contributed by atoms with E-state index in [0.717, 1.165) is 16.5 Å². The van der Waals surface area contributed by atoms with Gasteiger partial charge < -0.3 is 9.84 Å². The summed E-state index contributed by atoms with van der Waals surface area (Å²) in [7, 11) is 0.